The number of benzene rings is 1. The fraction of sp³-hybridized carbons (Fsp3) is 0.375. The molecule has 0 bridgehead atoms. The molecular formula is C16H22N4O. The molecule has 0 aliphatic carbocycles. The number of hydrogen-bond acceptors (Lipinski definition) is 3. The van der Waals surface area contributed by atoms with Crippen molar-refractivity contribution >= 4 is 17.3 Å². The van der Waals surface area contributed by atoms with Crippen LogP contribution >= 0.6 is 0 Å². The number of rotatable bonds is 5. The number of carbonyl (C=O) groups excluding carboxylic acids is 1. The van der Waals surface area contributed by atoms with E-state index in [0.717, 1.165) is 16.9 Å². The van der Waals surface area contributed by atoms with Crippen molar-refractivity contribution in [3.8, 4) is 0 Å². The molecule has 2 rings (SSSR count). The van der Waals surface area contributed by atoms with Gasteiger partial charge in [0.05, 0.1) is 11.9 Å². The third kappa shape index (κ3) is 4.08. The second-order valence-corrected chi connectivity index (χ2v) is 5.45. The number of hydrogen-bond donors (Lipinski definition) is 2. The first kappa shape index (κ1) is 15.1. The largest absolute Gasteiger partial charge is 0.380 e. The SMILES string of the molecule is Cc1cccc(NC(=O)C[C@H](C)Nc2cnn(C)c2)c1C. The third-order valence-electron chi connectivity index (χ3n) is 3.49. The average Bonchev–Trinajstić information content (AvgIpc) is 2.80. The summed E-state index contributed by atoms with van der Waals surface area (Å²) in [4.78, 5) is 12.1. The van der Waals surface area contributed by atoms with Crippen molar-refractivity contribution in [2.45, 2.75) is 33.2 Å². The molecule has 0 saturated carbocycles. The number of carbonyl (C=O) groups is 1. The van der Waals surface area contributed by atoms with E-state index in [9.17, 15) is 4.79 Å². The fourth-order valence-corrected chi connectivity index (χ4v) is 2.20. The number of amides is 1. The number of nitrogens with zero attached hydrogens (tertiary/aromatic N) is 2. The van der Waals surface area contributed by atoms with E-state index in [4.69, 9.17) is 0 Å². The number of aromatic nitrogens is 2. The quantitative estimate of drug-likeness (QED) is 0.888. The zero-order valence-corrected chi connectivity index (χ0v) is 13.0. The lowest BCUT2D eigenvalue weighted by molar-refractivity contribution is -0.116. The van der Waals surface area contributed by atoms with Crippen LogP contribution in [0.25, 0.3) is 0 Å². The maximum Gasteiger partial charge on any atom is 0.226 e. The lowest BCUT2D eigenvalue weighted by Gasteiger charge is -2.15. The molecule has 1 amide bonds. The first-order valence-corrected chi connectivity index (χ1v) is 7.07. The summed E-state index contributed by atoms with van der Waals surface area (Å²) in [5, 5.41) is 10.3. The second-order valence-electron chi connectivity index (χ2n) is 5.45. The highest BCUT2D eigenvalue weighted by Crippen LogP contribution is 2.18. The van der Waals surface area contributed by atoms with Gasteiger partial charge in [-0.25, -0.2) is 0 Å². The molecule has 2 aromatic rings. The lowest BCUT2D eigenvalue weighted by atomic mass is 10.1. The zero-order valence-electron chi connectivity index (χ0n) is 13.0. The van der Waals surface area contributed by atoms with E-state index in [1.165, 1.54) is 5.56 Å². The van der Waals surface area contributed by atoms with Gasteiger partial charge >= 0.3 is 0 Å². The Morgan fingerprint density at radius 3 is 2.81 bits per heavy atom. The van der Waals surface area contributed by atoms with Crippen molar-refractivity contribution in [1.82, 2.24) is 9.78 Å². The monoisotopic (exact) mass is 286 g/mol. The van der Waals surface area contributed by atoms with Crippen LogP contribution in [0.3, 0.4) is 0 Å². The Morgan fingerprint density at radius 1 is 1.38 bits per heavy atom. The Bertz CT molecular complexity index is 633. The Balaban J connectivity index is 1.90. The molecule has 0 saturated heterocycles. The maximum absolute atomic E-state index is 12.1. The van der Waals surface area contributed by atoms with Crippen LogP contribution in [0.5, 0.6) is 0 Å². The van der Waals surface area contributed by atoms with E-state index in [0.29, 0.717) is 6.42 Å². The first-order chi connectivity index (χ1) is 9.95. The highest BCUT2D eigenvalue weighted by molar-refractivity contribution is 5.92. The molecule has 1 heterocycles. The van der Waals surface area contributed by atoms with Gasteiger partial charge in [0.1, 0.15) is 0 Å². The van der Waals surface area contributed by atoms with Crippen LogP contribution in [0.4, 0.5) is 11.4 Å². The molecule has 1 atom stereocenters. The van der Waals surface area contributed by atoms with Crippen LogP contribution in [-0.4, -0.2) is 21.7 Å². The van der Waals surface area contributed by atoms with Crippen molar-refractivity contribution in [3.63, 3.8) is 0 Å². The molecular weight excluding hydrogens is 264 g/mol. The van der Waals surface area contributed by atoms with Crippen molar-refractivity contribution in [2.24, 2.45) is 7.05 Å². The summed E-state index contributed by atoms with van der Waals surface area (Å²) >= 11 is 0. The summed E-state index contributed by atoms with van der Waals surface area (Å²) in [6, 6.07) is 5.96. The molecule has 21 heavy (non-hydrogen) atoms. The molecule has 0 unspecified atom stereocenters. The summed E-state index contributed by atoms with van der Waals surface area (Å²) in [5.41, 5.74) is 4.09. The maximum atomic E-state index is 12.1. The fourth-order valence-electron chi connectivity index (χ4n) is 2.20. The lowest BCUT2D eigenvalue weighted by Crippen LogP contribution is -2.24. The minimum Gasteiger partial charge on any atom is -0.380 e. The van der Waals surface area contributed by atoms with Gasteiger partial charge in [-0.2, -0.15) is 5.10 Å². The van der Waals surface area contributed by atoms with Crippen LogP contribution in [0.15, 0.2) is 30.6 Å². The van der Waals surface area contributed by atoms with Crippen LogP contribution < -0.4 is 10.6 Å². The van der Waals surface area contributed by atoms with Crippen molar-refractivity contribution in [3.05, 3.63) is 41.7 Å². The molecule has 2 N–H and O–H groups in total. The van der Waals surface area contributed by atoms with Crippen LogP contribution in [0.1, 0.15) is 24.5 Å². The summed E-state index contributed by atoms with van der Waals surface area (Å²) in [7, 11) is 1.86. The average molecular weight is 286 g/mol. The van der Waals surface area contributed by atoms with Crippen molar-refractivity contribution in [2.75, 3.05) is 10.6 Å². The van der Waals surface area contributed by atoms with E-state index in [-0.39, 0.29) is 11.9 Å². The Labute approximate surface area is 125 Å². The molecule has 112 valence electrons. The van der Waals surface area contributed by atoms with Crippen molar-refractivity contribution < 1.29 is 4.79 Å². The van der Waals surface area contributed by atoms with Gasteiger partial charge in [0, 0.05) is 31.4 Å². The van der Waals surface area contributed by atoms with E-state index in [1.807, 2.05) is 52.2 Å². The normalized spacial score (nSPS) is 12.0. The standard InChI is InChI=1S/C16H22N4O/c1-11-6-5-7-15(13(11)3)19-16(21)8-12(2)18-14-9-17-20(4)10-14/h5-7,9-10,12,18H,8H2,1-4H3,(H,19,21)/t12-/m0/s1. The molecule has 0 spiro atoms. The highest BCUT2D eigenvalue weighted by Gasteiger charge is 2.11. The predicted octanol–water partition coefficient (Wildman–Crippen LogP) is 2.87. The van der Waals surface area contributed by atoms with Crippen LogP contribution in [0, 0.1) is 13.8 Å². The molecule has 0 radical (unpaired) electrons. The summed E-state index contributed by atoms with van der Waals surface area (Å²) < 4.78 is 1.73. The Morgan fingerprint density at radius 2 is 2.14 bits per heavy atom. The number of aryl methyl sites for hydroxylation is 2. The summed E-state index contributed by atoms with van der Waals surface area (Å²) in [6.45, 7) is 6.04. The Hall–Kier alpha value is -2.30. The van der Waals surface area contributed by atoms with Gasteiger partial charge in [-0.3, -0.25) is 9.48 Å². The van der Waals surface area contributed by atoms with Gasteiger partial charge in [0.25, 0.3) is 0 Å². The van der Waals surface area contributed by atoms with E-state index < -0.39 is 0 Å². The molecule has 5 heteroatoms. The number of anilines is 2. The predicted molar refractivity (Wildman–Crippen MR) is 85.5 cm³/mol. The highest BCUT2D eigenvalue weighted by atomic mass is 16.1. The molecule has 1 aromatic carbocycles. The van der Waals surface area contributed by atoms with Gasteiger partial charge in [0.15, 0.2) is 0 Å². The van der Waals surface area contributed by atoms with Crippen molar-refractivity contribution in [1.29, 1.82) is 0 Å². The van der Waals surface area contributed by atoms with Gasteiger partial charge in [-0.05, 0) is 38.0 Å². The van der Waals surface area contributed by atoms with Crippen LogP contribution in [0.2, 0.25) is 0 Å². The number of nitrogens with one attached hydrogen (secondary N) is 2. The minimum absolute atomic E-state index is 0.00703. The third-order valence-corrected chi connectivity index (χ3v) is 3.49. The molecule has 0 aliphatic heterocycles. The molecule has 1 aromatic heterocycles. The first-order valence-electron chi connectivity index (χ1n) is 7.07. The van der Waals surface area contributed by atoms with Gasteiger partial charge in [-0.15, -0.1) is 0 Å². The minimum atomic E-state index is 0.00703. The van der Waals surface area contributed by atoms with E-state index >= 15 is 0 Å². The van der Waals surface area contributed by atoms with Gasteiger partial charge < -0.3 is 10.6 Å². The zero-order chi connectivity index (χ0) is 15.4. The Kier molecular flexibility index (Phi) is 4.62. The van der Waals surface area contributed by atoms with E-state index in [2.05, 4.69) is 15.7 Å². The van der Waals surface area contributed by atoms with Crippen LogP contribution in [-0.2, 0) is 11.8 Å². The molecule has 0 aliphatic rings. The van der Waals surface area contributed by atoms with Gasteiger partial charge in [-0.1, -0.05) is 12.1 Å². The smallest absolute Gasteiger partial charge is 0.226 e. The summed E-state index contributed by atoms with van der Waals surface area (Å²) in [5.74, 6) is 0.00703. The summed E-state index contributed by atoms with van der Waals surface area (Å²) in [6.07, 6.45) is 4.04. The van der Waals surface area contributed by atoms with Gasteiger partial charge in [0.2, 0.25) is 5.91 Å². The molecule has 0 fully saturated rings. The second kappa shape index (κ2) is 6.43. The molecule has 5 nitrogen and oxygen atoms in total. The topological polar surface area (TPSA) is 59.0 Å². The van der Waals surface area contributed by atoms with E-state index in [1.54, 1.807) is 10.9 Å².